The number of benzene rings is 1. The quantitative estimate of drug-likeness (QED) is 0.500. The number of hydrogen-bond donors (Lipinski definition) is 1. The van der Waals surface area contributed by atoms with Crippen LogP contribution in [0.1, 0.15) is 0 Å². The van der Waals surface area contributed by atoms with Crippen molar-refractivity contribution >= 4 is 0 Å². The van der Waals surface area contributed by atoms with Crippen LogP contribution in [0.25, 0.3) is 0 Å². The third kappa shape index (κ3) is 14.1. The summed E-state index contributed by atoms with van der Waals surface area (Å²) < 4.78 is 19.9. The van der Waals surface area contributed by atoms with Crippen molar-refractivity contribution in [1.82, 2.24) is 0 Å². The Morgan fingerprint density at radius 1 is 1.00 bits per heavy atom. The predicted molar refractivity (Wildman–Crippen MR) is 64.6 cm³/mol. The van der Waals surface area contributed by atoms with Gasteiger partial charge in [0.1, 0.15) is 11.5 Å². The Hall–Kier alpha value is -1.83. The van der Waals surface area contributed by atoms with E-state index < -0.39 is 0 Å². The Morgan fingerprint density at radius 3 is 1.68 bits per heavy atom. The van der Waals surface area contributed by atoms with Gasteiger partial charge in [-0.15, -0.1) is 0 Å². The molecule has 0 radical (unpaired) electrons. The maximum Gasteiger partial charge on any atom is 0 e. The molecule has 0 unspecified atom stereocenters. The van der Waals surface area contributed by atoms with E-state index in [1.54, 1.807) is 31.4 Å². The van der Waals surface area contributed by atoms with E-state index in [2.05, 4.69) is 13.3 Å². The number of phenolic OH excluding ortho intramolecular Hbond substituents is 1. The summed E-state index contributed by atoms with van der Waals surface area (Å²) in [6.45, 7) is 9.00. The van der Waals surface area contributed by atoms with Crippen molar-refractivity contribution < 1.29 is 36.2 Å². The van der Waals surface area contributed by atoms with Crippen LogP contribution in [0.2, 0.25) is 0 Å². The van der Waals surface area contributed by atoms with Crippen LogP contribution in [-0.4, -0.2) is 12.2 Å². The summed E-state index contributed by atoms with van der Waals surface area (Å²) >= 11 is 0. The zero-order valence-electron chi connectivity index (χ0n) is 10.2. The third-order valence-electron chi connectivity index (χ3n) is 1.63. The second kappa shape index (κ2) is 18.5. The topological polar surface area (TPSA) is 69.3 Å². The molecule has 0 saturated heterocycles. The first-order valence-electron chi connectivity index (χ1n) is 4.73. The number of rotatable bonds is 1. The summed E-state index contributed by atoms with van der Waals surface area (Å²) in [4.78, 5) is 0. The van der Waals surface area contributed by atoms with Crippen molar-refractivity contribution in [2.75, 3.05) is 7.11 Å². The summed E-state index contributed by atoms with van der Waals surface area (Å²) in [5, 5.41) is 8.80. The molecule has 2 aromatic rings. The van der Waals surface area contributed by atoms with Gasteiger partial charge in [-0.2, -0.15) is 18.2 Å². The molecule has 102 valence electrons. The average molecular weight is 301 g/mol. The van der Waals surface area contributed by atoms with Crippen LogP contribution in [0.5, 0.6) is 11.5 Å². The predicted octanol–water partition coefficient (Wildman–Crippen LogP) is 2.73. The molecule has 0 spiro atoms. The number of hydrogen-bond acceptors (Lipinski definition) is 2. The first-order chi connectivity index (χ1) is 8.83. The van der Waals surface area contributed by atoms with Gasteiger partial charge in [-0.1, -0.05) is 0 Å². The fraction of sp³-hybridized carbons (Fsp3) is 0.0714. The van der Waals surface area contributed by atoms with Crippen molar-refractivity contribution in [3.05, 3.63) is 67.9 Å². The molecule has 0 bridgehead atoms. The molecule has 0 aromatic heterocycles. The molecule has 2 aromatic carbocycles. The first kappa shape index (κ1) is 22.4. The molecule has 0 amide bonds. The van der Waals surface area contributed by atoms with Gasteiger partial charge in [0, 0.05) is 17.1 Å². The largest absolute Gasteiger partial charge is 0.214 e. The molecule has 19 heavy (non-hydrogen) atoms. The second-order valence-corrected chi connectivity index (χ2v) is 2.66. The summed E-state index contributed by atoms with van der Waals surface area (Å²) in [7, 11) is 1.59. The Bertz CT molecular complexity index is 381. The molecule has 0 aliphatic rings. The summed E-state index contributed by atoms with van der Waals surface area (Å²) in [6, 6.07) is 16.6. The van der Waals surface area contributed by atoms with Gasteiger partial charge in [0.15, 0.2) is 0 Å². The monoisotopic (exact) mass is 301 g/mol. The van der Waals surface area contributed by atoms with E-state index in [1.165, 1.54) is 0 Å². The van der Waals surface area contributed by atoms with Crippen molar-refractivity contribution in [2.24, 2.45) is 0 Å². The van der Waals surface area contributed by atoms with Crippen molar-refractivity contribution in [3.63, 3.8) is 0 Å². The Kier molecular flexibility index (Phi) is 21.8. The van der Waals surface area contributed by atoms with Crippen LogP contribution in [0.3, 0.4) is 0 Å². The van der Waals surface area contributed by atoms with Gasteiger partial charge >= 0.3 is 22.6 Å². The van der Waals surface area contributed by atoms with Gasteiger partial charge in [0.25, 0.3) is 0 Å². The van der Waals surface area contributed by atoms with E-state index in [1.807, 2.05) is 30.3 Å². The van der Waals surface area contributed by atoms with Crippen LogP contribution in [0.4, 0.5) is 0 Å². The van der Waals surface area contributed by atoms with Crippen LogP contribution in [0, 0.1) is 13.3 Å². The maximum atomic E-state index is 8.80. The Balaban J connectivity index is -0.000000220. The minimum absolute atomic E-state index is 0. The maximum absolute atomic E-state index is 8.80. The normalized spacial score (nSPS) is 6.58. The van der Waals surface area contributed by atoms with Crippen LogP contribution in [0.15, 0.2) is 54.6 Å². The fourth-order valence-corrected chi connectivity index (χ4v) is 0.903. The standard InChI is InChI=1S/C7H8O2.C5H5.2CO.Fe/c1-9-7-4-2-6(8)3-5-7;1-2-4-5-3-1;2*1-2;/h2-5,8H,1H3;1-5H;;;/q;-1;;;. The van der Waals surface area contributed by atoms with E-state index >= 15 is 0 Å². The van der Waals surface area contributed by atoms with E-state index in [9.17, 15) is 0 Å². The van der Waals surface area contributed by atoms with Gasteiger partial charge < -0.3 is 9.84 Å². The molecule has 0 aliphatic heterocycles. The number of methoxy groups -OCH3 is 1. The second-order valence-electron chi connectivity index (χ2n) is 2.66. The summed E-state index contributed by atoms with van der Waals surface area (Å²) in [5.74, 6) is 1.02. The molecule has 2 rings (SSSR count). The van der Waals surface area contributed by atoms with E-state index in [4.69, 9.17) is 19.1 Å². The number of ether oxygens (including phenoxy) is 1. The number of aromatic hydroxyl groups is 1. The average Bonchev–Trinajstić information content (AvgIpc) is 3.03. The van der Waals surface area contributed by atoms with Crippen LogP contribution >= 0.6 is 0 Å². The molecule has 0 fully saturated rings. The van der Waals surface area contributed by atoms with E-state index in [0.717, 1.165) is 5.75 Å². The molecule has 0 atom stereocenters. The molecule has 1 N–H and O–H groups in total. The third-order valence-corrected chi connectivity index (χ3v) is 1.63. The summed E-state index contributed by atoms with van der Waals surface area (Å²) in [6.07, 6.45) is 0. The fourth-order valence-electron chi connectivity index (χ4n) is 0.903. The molecule has 0 heterocycles. The van der Waals surface area contributed by atoms with Gasteiger partial charge in [0.05, 0.1) is 7.11 Å². The zero-order valence-corrected chi connectivity index (χ0v) is 11.3. The van der Waals surface area contributed by atoms with Gasteiger partial charge in [-0.3, -0.25) is 0 Å². The SMILES string of the molecule is COc1ccc(O)cc1.[C-]#[O+].[C-]#[O+].[Fe].c1cc[cH-]c1. The first-order valence-corrected chi connectivity index (χ1v) is 4.73. The minimum atomic E-state index is 0. The molecule has 4 nitrogen and oxygen atoms in total. The van der Waals surface area contributed by atoms with Crippen molar-refractivity contribution in [2.45, 2.75) is 0 Å². The smallest absolute Gasteiger partial charge is 0 e. The number of phenols is 1. The van der Waals surface area contributed by atoms with Gasteiger partial charge in [-0.05, 0) is 24.3 Å². The van der Waals surface area contributed by atoms with Crippen LogP contribution < -0.4 is 4.74 Å². The van der Waals surface area contributed by atoms with Gasteiger partial charge in [0.2, 0.25) is 0 Å². The Morgan fingerprint density at radius 2 is 1.42 bits per heavy atom. The molecule has 0 saturated carbocycles. The van der Waals surface area contributed by atoms with Crippen molar-refractivity contribution in [3.8, 4) is 11.5 Å². The van der Waals surface area contributed by atoms with E-state index in [-0.39, 0.29) is 22.8 Å². The molecular weight excluding hydrogens is 288 g/mol. The van der Waals surface area contributed by atoms with Crippen molar-refractivity contribution in [1.29, 1.82) is 0 Å². The Labute approximate surface area is 123 Å². The van der Waals surface area contributed by atoms with E-state index in [0.29, 0.717) is 0 Å². The van der Waals surface area contributed by atoms with Gasteiger partial charge in [-0.25, -0.2) is 12.1 Å². The zero-order chi connectivity index (χ0) is 14.2. The molecule has 0 aliphatic carbocycles. The summed E-state index contributed by atoms with van der Waals surface area (Å²) in [5.41, 5.74) is 0. The minimum Gasteiger partial charge on any atom is -0.214 e. The van der Waals surface area contributed by atoms with Crippen LogP contribution in [-0.2, 0) is 26.4 Å². The molecular formula is C14H13FeO4-. The molecule has 5 heteroatoms.